The smallest absolute Gasteiger partial charge is 0.151 e. The molecule has 2 atom stereocenters. The van der Waals surface area contributed by atoms with Gasteiger partial charge >= 0.3 is 0 Å². The lowest BCUT2D eigenvalue weighted by Crippen LogP contribution is -2.48. The van der Waals surface area contributed by atoms with E-state index in [4.69, 9.17) is 5.73 Å². The van der Waals surface area contributed by atoms with Crippen LogP contribution >= 0.6 is 0 Å². The van der Waals surface area contributed by atoms with Crippen LogP contribution in [0.2, 0.25) is 0 Å². The molecule has 0 aromatic carbocycles. The van der Waals surface area contributed by atoms with Gasteiger partial charge in [0.2, 0.25) is 0 Å². The first-order valence-electron chi connectivity index (χ1n) is 5.27. The molecule has 1 unspecified atom stereocenters. The molecule has 0 aromatic rings. The number of nitrogens with zero attached hydrogens (tertiary/aromatic N) is 1. The molecule has 2 heterocycles. The maximum atomic E-state index is 11.3. The van der Waals surface area contributed by atoms with Gasteiger partial charge in [0.15, 0.2) is 9.84 Å². The number of sulfone groups is 1. The van der Waals surface area contributed by atoms with Crippen molar-refractivity contribution in [2.24, 2.45) is 5.73 Å². The summed E-state index contributed by atoms with van der Waals surface area (Å²) in [5.74, 6) is 0.711. The van der Waals surface area contributed by atoms with Crippen molar-refractivity contribution in [3.63, 3.8) is 0 Å². The van der Waals surface area contributed by atoms with Gasteiger partial charge in [0.1, 0.15) is 0 Å². The van der Waals surface area contributed by atoms with Crippen LogP contribution in [0.1, 0.15) is 19.3 Å². The lowest BCUT2D eigenvalue weighted by Gasteiger charge is -2.34. The van der Waals surface area contributed by atoms with Crippen molar-refractivity contribution in [2.75, 3.05) is 24.6 Å². The second kappa shape index (κ2) is 3.79. The number of rotatable bonds is 1. The van der Waals surface area contributed by atoms with Crippen molar-refractivity contribution in [1.29, 1.82) is 0 Å². The Labute approximate surface area is 85.4 Å². The summed E-state index contributed by atoms with van der Waals surface area (Å²) in [5.41, 5.74) is 5.87. The van der Waals surface area contributed by atoms with Crippen LogP contribution in [0.4, 0.5) is 0 Å². The van der Waals surface area contributed by atoms with Crippen molar-refractivity contribution in [3.8, 4) is 0 Å². The quantitative estimate of drug-likeness (QED) is 0.650. The van der Waals surface area contributed by atoms with E-state index in [9.17, 15) is 8.42 Å². The Kier molecular flexibility index (Phi) is 2.81. The van der Waals surface area contributed by atoms with E-state index < -0.39 is 9.84 Å². The Morgan fingerprint density at radius 3 is 2.64 bits per heavy atom. The summed E-state index contributed by atoms with van der Waals surface area (Å²) in [5, 5.41) is 0. The third-order valence-corrected chi connectivity index (χ3v) is 4.96. The van der Waals surface area contributed by atoms with E-state index in [0.29, 0.717) is 11.5 Å². The summed E-state index contributed by atoms with van der Waals surface area (Å²) in [6, 6.07) is 0.485. The number of likely N-dealkylation sites (tertiary alicyclic amines) is 1. The number of hydrogen-bond donors (Lipinski definition) is 1. The molecule has 2 N–H and O–H groups in total. The Morgan fingerprint density at radius 2 is 2.07 bits per heavy atom. The first-order chi connectivity index (χ1) is 6.57. The maximum absolute atomic E-state index is 11.3. The third-order valence-electron chi connectivity index (χ3n) is 3.21. The zero-order chi connectivity index (χ0) is 10.2. The molecule has 0 bridgehead atoms. The summed E-state index contributed by atoms with van der Waals surface area (Å²) >= 11 is 0. The molecule has 0 aromatic heterocycles. The highest BCUT2D eigenvalue weighted by Crippen LogP contribution is 2.21. The molecule has 0 amide bonds. The van der Waals surface area contributed by atoms with Gasteiger partial charge in [-0.25, -0.2) is 8.42 Å². The second-order valence-electron chi connectivity index (χ2n) is 4.45. The largest absolute Gasteiger partial charge is 0.327 e. The van der Waals surface area contributed by atoms with E-state index >= 15 is 0 Å². The van der Waals surface area contributed by atoms with Gasteiger partial charge in [-0.05, 0) is 25.8 Å². The normalized spacial score (nSPS) is 38.6. The third kappa shape index (κ3) is 2.27. The summed E-state index contributed by atoms with van der Waals surface area (Å²) in [4.78, 5) is 2.26. The maximum Gasteiger partial charge on any atom is 0.151 e. The summed E-state index contributed by atoms with van der Waals surface area (Å²) in [6.45, 7) is 1.90. The van der Waals surface area contributed by atoms with Crippen LogP contribution in [0.3, 0.4) is 0 Å². The number of hydrogen-bond acceptors (Lipinski definition) is 4. The molecule has 2 aliphatic heterocycles. The van der Waals surface area contributed by atoms with Crippen LogP contribution in [-0.2, 0) is 9.84 Å². The standard InChI is InChI=1S/C9H18N2O2S/c10-8-2-1-4-11(6-8)9-3-5-14(12,13)7-9/h8-9H,1-7,10H2/t8-,9?/m1/s1. The Balaban J connectivity index is 1.96. The zero-order valence-electron chi connectivity index (χ0n) is 8.35. The predicted octanol–water partition coefficient (Wildman–Crippen LogP) is -0.403. The average Bonchev–Trinajstić information content (AvgIpc) is 2.46. The van der Waals surface area contributed by atoms with E-state index in [1.807, 2.05) is 0 Å². The zero-order valence-corrected chi connectivity index (χ0v) is 9.17. The molecule has 2 fully saturated rings. The van der Waals surface area contributed by atoms with Crippen molar-refractivity contribution in [1.82, 2.24) is 4.90 Å². The van der Waals surface area contributed by atoms with Gasteiger partial charge in [-0.1, -0.05) is 0 Å². The van der Waals surface area contributed by atoms with Gasteiger partial charge in [-0.15, -0.1) is 0 Å². The minimum absolute atomic E-state index is 0.242. The SMILES string of the molecule is N[C@@H]1CCCN(C2CCS(=O)(=O)C2)C1. The Bertz CT molecular complexity index is 302. The van der Waals surface area contributed by atoms with Gasteiger partial charge in [0.25, 0.3) is 0 Å². The van der Waals surface area contributed by atoms with E-state index in [-0.39, 0.29) is 12.1 Å². The molecule has 2 rings (SSSR count). The Hall–Kier alpha value is -0.130. The fraction of sp³-hybridized carbons (Fsp3) is 1.00. The second-order valence-corrected chi connectivity index (χ2v) is 6.68. The lowest BCUT2D eigenvalue weighted by molar-refractivity contribution is 0.162. The van der Waals surface area contributed by atoms with Crippen LogP contribution in [-0.4, -0.2) is 50.0 Å². The number of piperidine rings is 1. The van der Waals surface area contributed by atoms with Crippen molar-refractivity contribution >= 4 is 9.84 Å². The summed E-state index contributed by atoms with van der Waals surface area (Å²) < 4.78 is 22.6. The van der Waals surface area contributed by atoms with Crippen molar-refractivity contribution in [3.05, 3.63) is 0 Å². The van der Waals surface area contributed by atoms with Crippen LogP contribution in [0.15, 0.2) is 0 Å². The fourth-order valence-electron chi connectivity index (χ4n) is 2.44. The Morgan fingerprint density at radius 1 is 1.29 bits per heavy atom. The van der Waals surface area contributed by atoms with Crippen LogP contribution in [0, 0.1) is 0 Å². The highest BCUT2D eigenvalue weighted by molar-refractivity contribution is 7.91. The van der Waals surface area contributed by atoms with Crippen LogP contribution < -0.4 is 5.73 Å². The fourth-order valence-corrected chi connectivity index (χ4v) is 4.20. The molecule has 2 saturated heterocycles. The number of nitrogens with two attached hydrogens (primary N) is 1. The van der Waals surface area contributed by atoms with Crippen LogP contribution in [0.25, 0.3) is 0 Å². The van der Waals surface area contributed by atoms with Gasteiger partial charge < -0.3 is 5.73 Å². The molecule has 4 nitrogen and oxygen atoms in total. The molecule has 5 heteroatoms. The molecule has 0 spiro atoms. The van der Waals surface area contributed by atoms with Crippen molar-refractivity contribution < 1.29 is 8.42 Å². The molecule has 0 radical (unpaired) electrons. The van der Waals surface area contributed by atoms with Crippen LogP contribution in [0.5, 0.6) is 0 Å². The van der Waals surface area contributed by atoms with Gasteiger partial charge in [0.05, 0.1) is 11.5 Å². The highest BCUT2D eigenvalue weighted by Gasteiger charge is 2.33. The van der Waals surface area contributed by atoms with Gasteiger partial charge in [-0.2, -0.15) is 0 Å². The summed E-state index contributed by atoms with van der Waals surface area (Å²) in [7, 11) is -2.74. The van der Waals surface area contributed by atoms with E-state index in [2.05, 4.69) is 4.90 Å². The molecule has 82 valence electrons. The molecule has 0 aliphatic carbocycles. The van der Waals surface area contributed by atoms with Gasteiger partial charge in [0, 0.05) is 18.6 Å². The lowest BCUT2D eigenvalue weighted by atomic mass is 10.0. The molecular formula is C9H18N2O2S. The first kappa shape index (κ1) is 10.4. The predicted molar refractivity (Wildman–Crippen MR) is 55.8 cm³/mol. The minimum Gasteiger partial charge on any atom is -0.327 e. The van der Waals surface area contributed by atoms with Gasteiger partial charge in [-0.3, -0.25) is 4.90 Å². The van der Waals surface area contributed by atoms with Crippen molar-refractivity contribution in [2.45, 2.75) is 31.3 Å². The monoisotopic (exact) mass is 218 g/mol. The van der Waals surface area contributed by atoms with E-state index in [1.165, 1.54) is 0 Å². The highest BCUT2D eigenvalue weighted by atomic mass is 32.2. The first-order valence-corrected chi connectivity index (χ1v) is 7.09. The molecule has 2 aliphatic rings. The minimum atomic E-state index is -2.74. The summed E-state index contributed by atoms with van der Waals surface area (Å²) in [6.07, 6.45) is 2.99. The molecular weight excluding hydrogens is 200 g/mol. The molecule has 14 heavy (non-hydrogen) atoms. The average molecular weight is 218 g/mol. The van der Waals surface area contributed by atoms with E-state index in [1.54, 1.807) is 0 Å². The van der Waals surface area contributed by atoms with E-state index in [0.717, 1.165) is 32.4 Å². The topological polar surface area (TPSA) is 63.4 Å². The molecule has 0 saturated carbocycles.